The van der Waals surface area contributed by atoms with Gasteiger partial charge in [0, 0.05) is 59.9 Å². The van der Waals surface area contributed by atoms with E-state index < -0.39 is 0 Å². The molecule has 1 fully saturated rings. The van der Waals surface area contributed by atoms with Gasteiger partial charge in [0.2, 0.25) is 5.91 Å². The number of nitrogens with two attached hydrogens (primary N) is 1. The van der Waals surface area contributed by atoms with E-state index in [1.807, 2.05) is 36.2 Å². The molecule has 168 valence electrons. The van der Waals surface area contributed by atoms with Gasteiger partial charge in [-0.05, 0) is 42.5 Å². The highest BCUT2D eigenvalue weighted by molar-refractivity contribution is 6.35. The number of hydrogen-bond acceptors (Lipinski definition) is 4. The fraction of sp³-hybridized carbons (Fsp3) is 0.500. The molecule has 7 heteroatoms. The highest BCUT2D eigenvalue weighted by Crippen LogP contribution is 2.28. The zero-order valence-electron chi connectivity index (χ0n) is 18.5. The van der Waals surface area contributed by atoms with E-state index in [4.69, 9.17) is 28.9 Å². The van der Waals surface area contributed by atoms with E-state index in [0.29, 0.717) is 35.5 Å². The summed E-state index contributed by atoms with van der Waals surface area (Å²) in [5.74, 6) is 1.48. The second-order valence-corrected chi connectivity index (χ2v) is 9.65. The van der Waals surface area contributed by atoms with Gasteiger partial charge in [-0.25, -0.2) is 4.98 Å². The predicted molar refractivity (Wildman–Crippen MR) is 129 cm³/mol. The van der Waals surface area contributed by atoms with Crippen molar-refractivity contribution >= 4 is 34.9 Å². The summed E-state index contributed by atoms with van der Waals surface area (Å²) in [5.41, 5.74) is 8.50. The average Bonchev–Trinajstić information content (AvgIpc) is 2.74. The second-order valence-electron chi connectivity index (χ2n) is 8.81. The summed E-state index contributed by atoms with van der Waals surface area (Å²) in [6, 6.07) is 9.42. The SMILES string of the molecule is CC(C)C[C@@H](N)c1cccnc1N1CCN(C(=O)C(C)Cc2ccc(Cl)cc2Cl)CC1. The van der Waals surface area contributed by atoms with Gasteiger partial charge in [0.15, 0.2) is 0 Å². The number of rotatable bonds is 7. The zero-order valence-corrected chi connectivity index (χ0v) is 20.0. The normalized spacial score (nSPS) is 16.5. The van der Waals surface area contributed by atoms with Crippen molar-refractivity contribution in [1.82, 2.24) is 9.88 Å². The maximum atomic E-state index is 13.0. The van der Waals surface area contributed by atoms with Gasteiger partial charge in [-0.1, -0.05) is 56.1 Å². The van der Waals surface area contributed by atoms with E-state index in [1.54, 1.807) is 6.07 Å². The zero-order chi connectivity index (χ0) is 22.5. The molecule has 31 heavy (non-hydrogen) atoms. The Morgan fingerprint density at radius 3 is 2.48 bits per heavy atom. The lowest BCUT2D eigenvalue weighted by molar-refractivity contribution is -0.135. The quantitative estimate of drug-likeness (QED) is 0.631. The van der Waals surface area contributed by atoms with Crippen molar-refractivity contribution in [2.75, 3.05) is 31.1 Å². The number of hydrogen-bond donors (Lipinski definition) is 1. The molecule has 2 heterocycles. The molecule has 3 rings (SSSR count). The summed E-state index contributed by atoms with van der Waals surface area (Å²) in [6.45, 7) is 9.16. The number of carbonyl (C=O) groups is 1. The molecule has 2 aromatic rings. The lowest BCUT2D eigenvalue weighted by Crippen LogP contribution is -2.50. The minimum Gasteiger partial charge on any atom is -0.353 e. The van der Waals surface area contributed by atoms with Crippen molar-refractivity contribution in [1.29, 1.82) is 0 Å². The van der Waals surface area contributed by atoms with Gasteiger partial charge in [0.1, 0.15) is 5.82 Å². The van der Waals surface area contributed by atoms with Crippen molar-refractivity contribution < 1.29 is 4.79 Å². The van der Waals surface area contributed by atoms with Gasteiger partial charge >= 0.3 is 0 Å². The number of halogens is 2. The van der Waals surface area contributed by atoms with Crippen molar-refractivity contribution in [3.05, 3.63) is 57.7 Å². The van der Waals surface area contributed by atoms with Crippen LogP contribution in [0.15, 0.2) is 36.5 Å². The average molecular weight is 463 g/mol. The van der Waals surface area contributed by atoms with Crippen LogP contribution in [-0.4, -0.2) is 42.0 Å². The number of benzene rings is 1. The second kappa shape index (κ2) is 10.7. The number of anilines is 1. The van der Waals surface area contributed by atoms with E-state index in [1.165, 1.54) is 0 Å². The first kappa shape index (κ1) is 23.8. The molecule has 0 bridgehead atoms. The molecule has 1 unspecified atom stereocenters. The number of carbonyl (C=O) groups excluding carboxylic acids is 1. The van der Waals surface area contributed by atoms with Crippen LogP contribution in [0, 0.1) is 11.8 Å². The molecule has 0 aliphatic carbocycles. The maximum absolute atomic E-state index is 13.0. The van der Waals surface area contributed by atoms with Crippen molar-refractivity contribution in [3.8, 4) is 0 Å². The number of nitrogens with zero attached hydrogens (tertiary/aromatic N) is 3. The van der Waals surface area contributed by atoms with Crippen LogP contribution >= 0.6 is 23.2 Å². The van der Waals surface area contributed by atoms with Crippen LogP contribution in [0.1, 0.15) is 44.4 Å². The molecule has 0 saturated carbocycles. The molecule has 1 aromatic heterocycles. The Morgan fingerprint density at radius 1 is 1.13 bits per heavy atom. The Bertz CT molecular complexity index is 897. The van der Waals surface area contributed by atoms with Gasteiger partial charge in [-0.2, -0.15) is 0 Å². The van der Waals surface area contributed by atoms with E-state index in [0.717, 1.165) is 36.5 Å². The first-order valence-corrected chi connectivity index (χ1v) is 11.7. The molecular weight excluding hydrogens is 431 g/mol. The minimum atomic E-state index is -0.143. The first-order valence-electron chi connectivity index (χ1n) is 10.9. The summed E-state index contributed by atoms with van der Waals surface area (Å²) in [5, 5.41) is 1.21. The maximum Gasteiger partial charge on any atom is 0.225 e. The largest absolute Gasteiger partial charge is 0.353 e. The van der Waals surface area contributed by atoms with E-state index in [2.05, 4.69) is 29.8 Å². The Labute approximate surface area is 195 Å². The molecule has 1 aromatic carbocycles. The third-order valence-electron chi connectivity index (χ3n) is 5.80. The molecule has 2 N–H and O–H groups in total. The molecule has 2 atom stereocenters. The molecular formula is C24H32Cl2N4O. The fourth-order valence-electron chi connectivity index (χ4n) is 4.15. The molecule has 1 saturated heterocycles. The number of amides is 1. The number of piperazine rings is 1. The van der Waals surface area contributed by atoms with Crippen LogP contribution in [0.2, 0.25) is 10.0 Å². The van der Waals surface area contributed by atoms with E-state index in [-0.39, 0.29) is 17.9 Å². The Kier molecular flexibility index (Phi) is 8.20. The monoisotopic (exact) mass is 462 g/mol. The predicted octanol–water partition coefficient (Wildman–Crippen LogP) is 4.96. The molecule has 0 spiro atoms. The lowest BCUT2D eigenvalue weighted by atomic mass is 9.97. The highest BCUT2D eigenvalue weighted by Gasteiger charge is 2.27. The van der Waals surface area contributed by atoms with Crippen LogP contribution in [0.25, 0.3) is 0 Å². The molecule has 5 nitrogen and oxygen atoms in total. The molecule has 1 aliphatic rings. The van der Waals surface area contributed by atoms with Crippen molar-refractivity contribution in [2.45, 2.75) is 39.7 Å². The van der Waals surface area contributed by atoms with Gasteiger partial charge in [0.25, 0.3) is 0 Å². The van der Waals surface area contributed by atoms with Crippen molar-refractivity contribution in [3.63, 3.8) is 0 Å². The van der Waals surface area contributed by atoms with E-state index in [9.17, 15) is 4.79 Å². The number of aromatic nitrogens is 1. The van der Waals surface area contributed by atoms with Crippen LogP contribution in [0.3, 0.4) is 0 Å². The minimum absolute atomic E-state index is 0.0347. The van der Waals surface area contributed by atoms with E-state index >= 15 is 0 Å². The topological polar surface area (TPSA) is 62.5 Å². The summed E-state index contributed by atoms with van der Waals surface area (Å²) in [7, 11) is 0. The summed E-state index contributed by atoms with van der Waals surface area (Å²) < 4.78 is 0. The van der Waals surface area contributed by atoms with Gasteiger partial charge in [0.05, 0.1) is 0 Å². The molecule has 1 aliphatic heterocycles. The summed E-state index contributed by atoms with van der Waals surface area (Å²) in [6.07, 6.45) is 3.34. The summed E-state index contributed by atoms with van der Waals surface area (Å²) >= 11 is 12.3. The van der Waals surface area contributed by atoms with Crippen LogP contribution in [0.5, 0.6) is 0 Å². The van der Waals surface area contributed by atoms with Crippen LogP contribution in [0.4, 0.5) is 5.82 Å². The highest BCUT2D eigenvalue weighted by atomic mass is 35.5. The Hall–Kier alpha value is -1.82. The van der Waals surface area contributed by atoms with Gasteiger partial charge in [-0.3, -0.25) is 4.79 Å². The fourth-order valence-corrected chi connectivity index (χ4v) is 4.64. The number of pyridine rings is 1. The van der Waals surface area contributed by atoms with Crippen LogP contribution < -0.4 is 10.6 Å². The summed E-state index contributed by atoms with van der Waals surface area (Å²) in [4.78, 5) is 21.8. The van der Waals surface area contributed by atoms with Gasteiger partial charge in [-0.15, -0.1) is 0 Å². The smallest absolute Gasteiger partial charge is 0.225 e. The third-order valence-corrected chi connectivity index (χ3v) is 6.38. The lowest BCUT2D eigenvalue weighted by Gasteiger charge is -2.37. The standard InChI is InChI=1S/C24H32Cl2N4O/c1-16(2)13-22(27)20-5-4-8-28-23(20)29-9-11-30(12-10-29)24(31)17(3)14-18-6-7-19(25)15-21(18)26/h4-8,15-17,22H,9-14,27H2,1-3H3/t17?,22-/m1/s1. The molecule has 0 radical (unpaired) electrons. The van der Waals surface area contributed by atoms with Crippen molar-refractivity contribution in [2.24, 2.45) is 17.6 Å². The van der Waals surface area contributed by atoms with Crippen LogP contribution in [-0.2, 0) is 11.2 Å². The third kappa shape index (κ3) is 6.12. The Balaban J connectivity index is 1.61. The molecule has 1 amide bonds. The van der Waals surface area contributed by atoms with Gasteiger partial charge < -0.3 is 15.5 Å². The Morgan fingerprint density at radius 2 is 1.84 bits per heavy atom. The first-order chi connectivity index (χ1) is 14.8.